The van der Waals surface area contributed by atoms with Gasteiger partial charge in [0.2, 0.25) is 5.91 Å². The van der Waals surface area contributed by atoms with Gasteiger partial charge >= 0.3 is 0 Å². The molecule has 2 amide bonds. The maximum atomic E-state index is 14.1. The van der Waals surface area contributed by atoms with E-state index in [-0.39, 0.29) is 23.1 Å². The quantitative estimate of drug-likeness (QED) is 0.305. The first-order chi connectivity index (χ1) is 16.4. The molecule has 0 fully saturated rings. The molecule has 0 radical (unpaired) electrons. The van der Waals surface area contributed by atoms with Crippen molar-refractivity contribution in [1.29, 1.82) is 0 Å². The third-order valence-corrected chi connectivity index (χ3v) is 6.73. The zero-order chi connectivity index (χ0) is 24.7. The molecule has 0 heterocycles. The third-order valence-electron chi connectivity index (χ3n) is 4.88. The van der Waals surface area contributed by atoms with Crippen LogP contribution in [0.1, 0.15) is 23.7 Å². The number of nitrogens with one attached hydrogen (secondary N) is 2. The van der Waals surface area contributed by atoms with E-state index in [1.807, 2.05) is 13.0 Å². The van der Waals surface area contributed by atoms with Gasteiger partial charge in [0.25, 0.3) is 5.91 Å². The molecule has 0 aromatic heterocycles. The Morgan fingerprint density at radius 3 is 2.29 bits per heavy atom. The van der Waals surface area contributed by atoms with Crippen molar-refractivity contribution >= 4 is 50.9 Å². The van der Waals surface area contributed by atoms with Crippen molar-refractivity contribution < 1.29 is 23.5 Å². The Labute approximate surface area is 210 Å². The maximum Gasteiger partial charge on any atom is 0.263 e. The van der Waals surface area contributed by atoms with E-state index in [4.69, 9.17) is 9.47 Å². The number of ether oxygens (including phenoxy) is 2. The van der Waals surface area contributed by atoms with E-state index in [9.17, 15) is 14.0 Å². The van der Waals surface area contributed by atoms with Crippen molar-refractivity contribution in [2.75, 3.05) is 24.9 Å². The molecule has 178 valence electrons. The van der Waals surface area contributed by atoms with Gasteiger partial charge in [-0.1, -0.05) is 35.0 Å². The number of hydrogen-bond donors (Lipinski definition) is 2. The Bertz CT molecular complexity index is 1170. The largest absolute Gasteiger partial charge is 0.496 e. The van der Waals surface area contributed by atoms with E-state index in [2.05, 4.69) is 26.6 Å². The lowest BCUT2D eigenvalue weighted by atomic mass is 10.1. The summed E-state index contributed by atoms with van der Waals surface area (Å²) in [6.45, 7) is 1.88. The van der Waals surface area contributed by atoms with Crippen LogP contribution in [0.25, 0.3) is 0 Å². The average molecular weight is 547 g/mol. The molecule has 1 unspecified atom stereocenters. The molecule has 0 saturated heterocycles. The summed E-state index contributed by atoms with van der Waals surface area (Å²) >= 11 is 4.54. The number of halogens is 2. The predicted octanol–water partition coefficient (Wildman–Crippen LogP) is 6.37. The second-order valence-corrected chi connectivity index (χ2v) is 9.34. The topological polar surface area (TPSA) is 76.7 Å². The smallest absolute Gasteiger partial charge is 0.263 e. The molecule has 0 aliphatic rings. The fraction of sp³-hybridized carbons (Fsp3) is 0.200. The highest BCUT2D eigenvalue weighted by Crippen LogP contribution is 2.31. The van der Waals surface area contributed by atoms with Gasteiger partial charge in [0.15, 0.2) is 0 Å². The van der Waals surface area contributed by atoms with Crippen molar-refractivity contribution in [3.8, 4) is 11.5 Å². The van der Waals surface area contributed by atoms with E-state index in [0.29, 0.717) is 28.1 Å². The van der Waals surface area contributed by atoms with Gasteiger partial charge in [-0.15, -0.1) is 11.8 Å². The van der Waals surface area contributed by atoms with Crippen LogP contribution in [0.3, 0.4) is 0 Å². The molecule has 2 N–H and O–H groups in total. The number of carbonyl (C=O) groups is 2. The van der Waals surface area contributed by atoms with E-state index < -0.39 is 11.1 Å². The molecule has 34 heavy (non-hydrogen) atoms. The van der Waals surface area contributed by atoms with Crippen LogP contribution in [-0.2, 0) is 4.79 Å². The van der Waals surface area contributed by atoms with E-state index in [1.165, 1.54) is 38.1 Å². The zero-order valence-electron chi connectivity index (χ0n) is 18.9. The lowest BCUT2D eigenvalue weighted by molar-refractivity contribution is -0.115. The molecule has 3 aromatic carbocycles. The molecule has 9 heteroatoms. The lowest BCUT2D eigenvalue weighted by Gasteiger charge is -2.16. The summed E-state index contributed by atoms with van der Waals surface area (Å²) in [4.78, 5) is 26.5. The van der Waals surface area contributed by atoms with Crippen molar-refractivity contribution in [1.82, 2.24) is 0 Å². The fourth-order valence-corrected chi connectivity index (χ4v) is 4.55. The second kappa shape index (κ2) is 11.9. The van der Waals surface area contributed by atoms with Gasteiger partial charge in [-0.2, -0.15) is 0 Å². The Morgan fingerprint density at radius 1 is 1.00 bits per heavy atom. The molecule has 3 aromatic rings. The molecule has 6 nitrogen and oxygen atoms in total. The summed E-state index contributed by atoms with van der Waals surface area (Å²) in [5.74, 6) is -0.413. The normalized spacial score (nSPS) is 11.4. The highest BCUT2D eigenvalue weighted by Gasteiger charge is 2.21. The number of anilines is 2. The van der Waals surface area contributed by atoms with E-state index in [0.717, 1.165) is 4.90 Å². The highest BCUT2D eigenvalue weighted by atomic mass is 79.9. The second-order valence-electron chi connectivity index (χ2n) is 7.15. The van der Waals surface area contributed by atoms with Crippen LogP contribution in [0, 0.1) is 5.82 Å². The zero-order valence-corrected chi connectivity index (χ0v) is 21.3. The van der Waals surface area contributed by atoms with Crippen LogP contribution < -0.4 is 20.1 Å². The number of amides is 2. The summed E-state index contributed by atoms with van der Waals surface area (Å²) in [5.41, 5.74) is 0.962. The summed E-state index contributed by atoms with van der Waals surface area (Å²) < 4.78 is 25.3. The minimum Gasteiger partial charge on any atom is -0.496 e. The number of thioether (sulfide) groups is 1. The number of rotatable bonds is 9. The standard InChI is InChI=1S/C25H24BrFN2O4S/c1-4-22(24(30)29-19-12-11-15(26)13-18(19)27)34-17-8-5-7-16(14-17)28-25(31)23-20(32-2)9-6-10-21(23)33-3/h5-14,22H,4H2,1-3H3,(H,28,31)(H,29,30). The molecule has 0 aliphatic heterocycles. The number of hydrogen-bond acceptors (Lipinski definition) is 5. The van der Waals surface area contributed by atoms with Gasteiger partial charge in [-0.05, 0) is 55.0 Å². The maximum absolute atomic E-state index is 14.1. The first kappa shape index (κ1) is 25.6. The van der Waals surface area contributed by atoms with E-state index in [1.54, 1.807) is 42.5 Å². The van der Waals surface area contributed by atoms with Crippen LogP contribution >= 0.6 is 27.7 Å². The van der Waals surface area contributed by atoms with E-state index >= 15 is 0 Å². The van der Waals surface area contributed by atoms with Crippen LogP contribution in [0.2, 0.25) is 0 Å². The minimum atomic E-state index is -0.515. The van der Waals surface area contributed by atoms with Crippen molar-refractivity contribution in [3.05, 3.63) is 76.5 Å². The van der Waals surface area contributed by atoms with Gasteiger partial charge in [0, 0.05) is 15.1 Å². The van der Waals surface area contributed by atoms with Gasteiger partial charge in [-0.25, -0.2) is 4.39 Å². The molecule has 3 rings (SSSR count). The first-order valence-corrected chi connectivity index (χ1v) is 12.1. The number of benzene rings is 3. The Kier molecular flexibility index (Phi) is 8.95. The summed E-state index contributed by atoms with van der Waals surface area (Å²) in [6.07, 6.45) is 0.531. The van der Waals surface area contributed by atoms with Gasteiger partial charge < -0.3 is 20.1 Å². The molecule has 0 aliphatic carbocycles. The van der Waals surface area contributed by atoms with Crippen LogP contribution in [-0.4, -0.2) is 31.3 Å². The molecule has 0 spiro atoms. The van der Waals surface area contributed by atoms with Gasteiger partial charge in [-0.3, -0.25) is 9.59 Å². The molecular weight excluding hydrogens is 523 g/mol. The molecule has 0 bridgehead atoms. The van der Waals surface area contributed by atoms with Crippen molar-refractivity contribution in [2.45, 2.75) is 23.5 Å². The van der Waals surface area contributed by atoms with Crippen molar-refractivity contribution in [2.24, 2.45) is 0 Å². The summed E-state index contributed by atoms with van der Waals surface area (Å²) in [7, 11) is 2.97. The number of carbonyl (C=O) groups excluding carboxylic acids is 2. The fourth-order valence-electron chi connectivity index (χ4n) is 3.21. The van der Waals surface area contributed by atoms with Crippen molar-refractivity contribution in [3.63, 3.8) is 0 Å². The Balaban J connectivity index is 1.73. The van der Waals surface area contributed by atoms with Crippen LogP contribution in [0.4, 0.5) is 15.8 Å². The first-order valence-electron chi connectivity index (χ1n) is 10.4. The Morgan fingerprint density at radius 2 is 1.68 bits per heavy atom. The Hall–Kier alpha value is -3.04. The van der Waals surface area contributed by atoms with Gasteiger partial charge in [0.05, 0.1) is 25.2 Å². The molecular formula is C25H24BrFN2O4S. The summed E-state index contributed by atoms with van der Waals surface area (Å²) in [5, 5.41) is 5.05. The van der Waals surface area contributed by atoms with Crippen LogP contribution in [0.15, 0.2) is 70.0 Å². The monoisotopic (exact) mass is 546 g/mol. The molecule has 1 atom stereocenters. The lowest BCUT2D eigenvalue weighted by Crippen LogP contribution is -2.25. The third kappa shape index (κ3) is 6.30. The van der Waals surface area contributed by atoms with Gasteiger partial charge in [0.1, 0.15) is 22.9 Å². The summed E-state index contributed by atoms with van der Waals surface area (Å²) in [6, 6.07) is 16.7. The highest BCUT2D eigenvalue weighted by molar-refractivity contribution is 9.10. The van der Waals surface area contributed by atoms with Crippen LogP contribution in [0.5, 0.6) is 11.5 Å². The molecule has 0 saturated carbocycles. The number of methoxy groups -OCH3 is 2. The predicted molar refractivity (Wildman–Crippen MR) is 137 cm³/mol. The minimum absolute atomic E-state index is 0.124. The SMILES string of the molecule is CCC(Sc1cccc(NC(=O)c2c(OC)cccc2OC)c1)C(=O)Nc1ccc(Br)cc1F. The average Bonchev–Trinajstić information content (AvgIpc) is 2.83.